The number of rotatable bonds is 6. The van der Waals surface area contributed by atoms with Crippen LogP contribution in [0.5, 0.6) is 5.75 Å². The summed E-state index contributed by atoms with van der Waals surface area (Å²) < 4.78 is 5.47. The summed E-state index contributed by atoms with van der Waals surface area (Å²) in [7, 11) is 0. The van der Waals surface area contributed by atoms with E-state index in [1.807, 2.05) is 0 Å². The maximum absolute atomic E-state index is 10.6. The van der Waals surface area contributed by atoms with Gasteiger partial charge in [-0.15, -0.1) is 12.3 Å². The monoisotopic (exact) mass is 234 g/mol. The van der Waals surface area contributed by atoms with Crippen molar-refractivity contribution in [2.45, 2.75) is 19.4 Å². The molecule has 1 aromatic carbocycles. The Morgan fingerprint density at radius 2 is 2.29 bits per heavy atom. The van der Waals surface area contributed by atoms with Crippen LogP contribution in [0.3, 0.4) is 0 Å². The largest absolute Gasteiger partial charge is 0.493 e. The van der Waals surface area contributed by atoms with Crippen LogP contribution in [-0.4, -0.2) is 11.5 Å². The third-order valence-corrected chi connectivity index (χ3v) is 2.20. The summed E-state index contributed by atoms with van der Waals surface area (Å²) in [5.74, 6) is 3.09. The molecule has 90 valence electrons. The van der Waals surface area contributed by atoms with Gasteiger partial charge in [0.15, 0.2) is 0 Å². The van der Waals surface area contributed by atoms with E-state index in [0.717, 1.165) is 6.42 Å². The van der Waals surface area contributed by atoms with Gasteiger partial charge < -0.3 is 10.5 Å². The molecule has 0 heterocycles. The number of nitrogens with two attached hydrogens (primary N) is 1. The van der Waals surface area contributed by atoms with Crippen molar-refractivity contribution in [2.24, 2.45) is 5.73 Å². The van der Waals surface area contributed by atoms with Gasteiger partial charge in [0.05, 0.1) is 11.5 Å². The molecule has 0 amide bonds. The summed E-state index contributed by atoms with van der Waals surface area (Å²) in [5.41, 5.74) is 6.16. The smallest absolute Gasteiger partial charge is 0.270 e. The molecule has 0 aliphatic rings. The van der Waals surface area contributed by atoms with Crippen molar-refractivity contribution in [3.05, 3.63) is 33.9 Å². The molecule has 0 aromatic heterocycles. The average Bonchev–Trinajstić information content (AvgIpc) is 2.34. The molecule has 1 rings (SSSR count). The lowest BCUT2D eigenvalue weighted by atomic mass is 10.2. The number of nitro benzene ring substituents is 1. The van der Waals surface area contributed by atoms with E-state index in [2.05, 4.69) is 5.92 Å². The second-order valence-electron chi connectivity index (χ2n) is 3.41. The van der Waals surface area contributed by atoms with E-state index >= 15 is 0 Å². The number of nitrogens with zero attached hydrogens (tertiary/aromatic N) is 1. The van der Waals surface area contributed by atoms with Gasteiger partial charge in [0, 0.05) is 30.7 Å². The van der Waals surface area contributed by atoms with Crippen molar-refractivity contribution in [1.29, 1.82) is 0 Å². The second-order valence-corrected chi connectivity index (χ2v) is 3.41. The molecule has 1 aromatic rings. The second kappa shape index (κ2) is 6.51. The predicted octanol–water partition coefficient (Wildman–Crippen LogP) is 1.85. The van der Waals surface area contributed by atoms with Crippen LogP contribution in [0, 0.1) is 22.5 Å². The van der Waals surface area contributed by atoms with Crippen LogP contribution in [0.2, 0.25) is 0 Å². The van der Waals surface area contributed by atoms with Gasteiger partial charge in [0.1, 0.15) is 5.75 Å². The van der Waals surface area contributed by atoms with Crippen LogP contribution in [0.4, 0.5) is 5.69 Å². The van der Waals surface area contributed by atoms with E-state index in [4.69, 9.17) is 16.9 Å². The highest BCUT2D eigenvalue weighted by Crippen LogP contribution is 2.23. The first-order valence-corrected chi connectivity index (χ1v) is 5.22. The highest BCUT2D eigenvalue weighted by atomic mass is 16.6. The van der Waals surface area contributed by atoms with Crippen LogP contribution in [0.1, 0.15) is 18.4 Å². The Morgan fingerprint density at radius 1 is 1.53 bits per heavy atom. The minimum Gasteiger partial charge on any atom is -0.493 e. The minimum absolute atomic E-state index is 0.0152. The molecule has 0 saturated heterocycles. The lowest BCUT2D eigenvalue weighted by Gasteiger charge is -2.09. The molecule has 0 unspecified atom stereocenters. The maximum atomic E-state index is 10.6. The Hall–Kier alpha value is -2.06. The number of nitro groups is 1. The van der Waals surface area contributed by atoms with E-state index < -0.39 is 4.92 Å². The van der Waals surface area contributed by atoms with Crippen LogP contribution in [0.25, 0.3) is 0 Å². The number of ether oxygens (including phenoxy) is 1. The average molecular weight is 234 g/mol. The van der Waals surface area contributed by atoms with Crippen molar-refractivity contribution >= 4 is 5.69 Å². The van der Waals surface area contributed by atoms with Gasteiger partial charge in [0.2, 0.25) is 0 Å². The molecule has 0 aliphatic carbocycles. The van der Waals surface area contributed by atoms with Crippen molar-refractivity contribution in [2.75, 3.05) is 6.61 Å². The molecular weight excluding hydrogens is 220 g/mol. The molecule has 0 saturated carbocycles. The van der Waals surface area contributed by atoms with E-state index in [-0.39, 0.29) is 12.2 Å². The number of non-ortho nitro benzene ring substituents is 1. The summed E-state index contributed by atoms with van der Waals surface area (Å²) in [5, 5.41) is 10.6. The lowest BCUT2D eigenvalue weighted by Crippen LogP contribution is -2.04. The molecule has 0 bridgehead atoms. The fourth-order valence-electron chi connectivity index (χ4n) is 1.34. The van der Waals surface area contributed by atoms with Crippen molar-refractivity contribution in [3.8, 4) is 18.1 Å². The quantitative estimate of drug-likeness (QED) is 0.352. The summed E-state index contributed by atoms with van der Waals surface area (Å²) >= 11 is 0. The Kier molecular flexibility index (Phi) is 4.98. The zero-order valence-corrected chi connectivity index (χ0v) is 9.39. The first-order chi connectivity index (χ1) is 8.19. The van der Waals surface area contributed by atoms with Crippen molar-refractivity contribution in [1.82, 2.24) is 0 Å². The molecule has 0 fully saturated rings. The lowest BCUT2D eigenvalue weighted by molar-refractivity contribution is -0.384. The SMILES string of the molecule is C#CCCCOc1ccc([N+](=O)[O-])cc1CN. The third-order valence-electron chi connectivity index (χ3n) is 2.20. The Labute approximate surface area is 99.7 Å². The topological polar surface area (TPSA) is 78.4 Å². The molecule has 0 aliphatic heterocycles. The fraction of sp³-hybridized carbons (Fsp3) is 0.333. The van der Waals surface area contributed by atoms with Gasteiger partial charge in [-0.1, -0.05) is 0 Å². The summed E-state index contributed by atoms with van der Waals surface area (Å²) in [6, 6.07) is 4.39. The Bertz CT molecular complexity index is 438. The molecule has 17 heavy (non-hydrogen) atoms. The van der Waals surface area contributed by atoms with Gasteiger partial charge in [-0.25, -0.2) is 0 Å². The summed E-state index contributed by atoms with van der Waals surface area (Å²) in [6.07, 6.45) is 6.51. The van der Waals surface area contributed by atoms with Crippen LogP contribution >= 0.6 is 0 Å². The van der Waals surface area contributed by atoms with E-state index in [0.29, 0.717) is 24.3 Å². The first-order valence-electron chi connectivity index (χ1n) is 5.22. The predicted molar refractivity (Wildman–Crippen MR) is 64.5 cm³/mol. The number of hydrogen-bond donors (Lipinski definition) is 1. The normalized spacial score (nSPS) is 9.65. The first kappa shape index (κ1) is 13.0. The summed E-state index contributed by atoms with van der Waals surface area (Å²) in [6.45, 7) is 0.682. The van der Waals surface area contributed by atoms with Gasteiger partial charge in [-0.2, -0.15) is 0 Å². The third kappa shape index (κ3) is 3.78. The molecular formula is C12H14N2O3. The van der Waals surface area contributed by atoms with Gasteiger partial charge in [-0.3, -0.25) is 10.1 Å². The molecule has 0 spiro atoms. The molecule has 5 heteroatoms. The highest BCUT2D eigenvalue weighted by Gasteiger charge is 2.10. The zero-order valence-electron chi connectivity index (χ0n) is 9.39. The molecule has 0 radical (unpaired) electrons. The summed E-state index contributed by atoms with van der Waals surface area (Å²) in [4.78, 5) is 10.1. The highest BCUT2D eigenvalue weighted by molar-refractivity contribution is 5.43. The maximum Gasteiger partial charge on any atom is 0.270 e. The number of unbranched alkanes of at least 4 members (excludes halogenated alkanes) is 1. The molecule has 0 atom stereocenters. The van der Waals surface area contributed by atoms with Crippen LogP contribution < -0.4 is 10.5 Å². The van der Waals surface area contributed by atoms with E-state index in [9.17, 15) is 10.1 Å². The van der Waals surface area contributed by atoms with Gasteiger partial charge in [0.25, 0.3) is 5.69 Å². The minimum atomic E-state index is -0.457. The van der Waals surface area contributed by atoms with Gasteiger partial charge >= 0.3 is 0 Å². The van der Waals surface area contributed by atoms with Crippen molar-refractivity contribution in [3.63, 3.8) is 0 Å². The van der Waals surface area contributed by atoms with E-state index in [1.54, 1.807) is 6.07 Å². The number of benzene rings is 1. The van der Waals surface area contributed by atoms with E-state index in [1.165, 1.54) is 12.1 Å². The standard InChI is InChI=1S/C12H14N2O3/c1-2-3-4-7-17-12-6-5-11(14(15)16)8-10(12)9-13/h1,5-6,8H,3-4,7,9,13H2. The Morgan fingerprint density at radius 3 is 2.88 bits per heavy atom. The van der Waals surface area contributed by atoms with Gasteiger partial charge in [-0.05, 0) is 12.5 Å². The van der Waals surface area contributed by atoms with Crippen LogP contribution in [0.15, 0.2) is 18.2 Å². The Balaban J connectivity index is 2.72. The fourth-order valence-corrected chi connectivity index (χ4v) is 1.34. The number of terminal acetylenes is 1. The molecule has 2 N–H and O–H groups in total. The van der Waals surface area contributed by atoms with Crippen LogP contribution in [-0.2, 0) is 6.54 Å². The molecule has 5 nitrogen and oxygen atoms in total. The van der Waals surface area contributed by atoms with Crippen molar-refractivity contribution < 1.29 is 9.66 Å². The zero-order chi connectivity index (χ0) is 12.7. The number of hydrogen-bond acceptors (Lipinski definition) is 4.